The lowest BCUT2D eigenvalue weighted by Crippen LogP contribution is -2.22. The Morgan fingerprint density at radius 3 is 2.79 bits per heavy atom. The first-order valence-corrected chi connectivity index (χ1v) is 7.51. The van der Waals surface area contributed by atoms with Crippen molar-refractivity contribution in [3.63, 3.8) is 0 Å². The van der Waals surface area contributed by atoms with Crippen molar-refractivity contribution in [2.45, 2.75) is 46.0 Å². The first-order valence-electron chi connectivity index (χ1n) is 7.13. The van der Waals surface area contributed by atoms with Gasteiger partial charge in [-0.3, -0.25) is 4.79 Å². The van der Waals surface area contributed by atoms with Crippen LogP contribution in [0.4, 0.5) is 5.69 Å². The zero-order valence-electron chi connectivity index (χ0n) is 11.7. The fourth-order valence-electron chi connectivity index (χ4n) is 2.84. The molecule has 2 nitrogen and oxygen atoms in total. The largest absolute Gasteiger partial charge is 0.326 e. The van der Waals surface area contributed by atoms with Crippen molar-refractivity contribution in [3.8, 4) is 0 Å². The molecule has 0 saturated heterocycles. The fraction of sp³-hybridized carbons (Fsp3) is 0.562. The third-order valence-electron chi connectivity index (χ3n) is 4.07. The molecule has 19 heavy (non-hydrogen) atoms. The van der Waals surface area contributed by atoms with Crippen LogP contribution in [0.1, 0.15) is 44.6 Å². The summed E-state index contributed by atoms with van der Waals surface area (Å²) in [5.41, 5.74) is 1.88. The molecule has 1 aliphatic carbocycles. The number of aryl methyl sites for hydroxylation is 1. The number of halogens is 1. The van der Waals surface area contributed by atoms with Crippen LogP contribution in [-0.4, -0.2) is 5.91 Å². The first-order chi connectivity index (χ1) is 9.06. The van der Waals surface area contributed by atoms with Crippen LogP contribution in [-0.2, 0) is 4.79 Å². The van der Waals surface area contributed by atoms with Gasteiger partial charge >= 0.3 is 0 Å². The molecule has 1 aromatic carbocycles. The fourth-order valence-corrected chi connectivity index (χ4v) is 3.01. The number of carbonyl (C=O) groups excluding carboxylic acids is 1. The quantitative estimate of drug-likeness (QED) is 0.842. The molecule has 1 amide bonds. The monoisotopic (exact) mass is 279 g/mol. The molecule has 0 aliphatic heterocycles. The van der Waals surface area contributed by atoms with E-state index >= 15 is 0 Å². The normalized spacial score (nSPS) is 17.4. The lowest BCUT2D eigenvalue weighted by atomic mass is 9.94. The Hall–Kier alpha value is -1.02. The van der Waals surface area contributed by atoms with Gasteiger partial charge in [0.15, 0.2) is 0 Å². The highest BCUT2D eigenvalue weighted by atomic mass is 35.5. The highest BCUT2D eigenvalue weighted by molar-refractivity contribution is 6.31. The summed E-state index contributed by atoms with van der Waals surface area (Å²) in [5.74, 6) is 0.917. The molecule has 0 heterocycles. The Balaban J connectivity index is 1.93. The number of hydrogen-bond acceptors (Lipinski definition) is 1. The Morgan fingerprint density at radius 2 is 2.11 bits per heavy atom. The molecule has 1 N–H and O–H groups in total. The molecule has 104 valence electrons. The Kier molecular flexibility index (Phi) is 4.87. The van der Waals surface area contributed by atoms with Gasteiger partial charge in [0.1, 0.15) is 0 Å². The van der Waals surface area contributed by atoms with Crippen LogP contribution in [0.3, 0.4) is 0 Å². The molecular weight excluding hydrogens is 258 g/mol. The van der Waals surface area contributed by atoms with Crippen LogP contribution < -0.4 is 5.32 Å². The number of rotatable bonds is 4. The lowest BCUT2D eigenvalue weighted by Gasteiger charge is -2.17. The zero-order valence-corrected chi connectivity index (χ0v) is 12.5. The molecule has 1 aromatic rings. The molecule has 1 unspecified atom stereocenters. The maximum absolute atomic E-state index is 12.2. The van der Waals surface area contributed by atoms with E-state index in [0.717, 1.165) is 23.6 Å². The minimum absolute atomic E-state index is 0.0708. The van der Waals surface area contributed by atoms with Gasteiger partial charge in [-0.15, -0.1) is 0 Å². The number of carbonyl (C=O) groups is 1. The van der Waals surface area contributed by atoms with Gasteiger partial charge in [-0.05, 0) is 37.0 Å². The minimum Gasteiger partial charge on any atom is -0.326 e. The van der Waals surface area contributed by atoms with Crippen molar-refractivity contribution >= 4 is 23.2 Å². The average Bonchev–Trinajstić information content (AvgIpc) is 2.86. The standard InChI is InChI=1S/C16H22ClNO/c1-11-7-8-14(17)10-15(11)18-16(19)12(2)9-13-5-3-4-6-13/h7-8,10,12-13H,3-6,9H2,1-2H3,(H,18,19). The molecule has 2 rings (SSSR count). The number of benzene rings is 1. The predicted molar refractivity (Wildman–Crippen MR) is 80.6 cm³/mol. The highest BCUT2D eigenvalue weighted by Crippen LogP contribution is 2.31. The van der Waals surface area contributed by atoms with E-state index in [9.17, 15) is 4.79 Å². The summed E-state index contributed by atoms with van der Waals surface area (Å²) in [6, 6.07) is 5.59. The second-order valence-electron chi connectivity index (χ2n) is 5.74. The maximum atomic E-state index is 12.2. The lowest BCUT2D eigenvalue weighted by molar-refractivity contribution is -0.119. The third-order valence-corrected chi connectivity index (χ3v) is 4.30. The molecular formula is C16H22ClNO. The second kappa shape index (κ2) is 6.42. The minimum atomic E-state index is 0.0708. The van der Waals surface area contributed by atoms with E-state index in [-0.39, 0.29) is 11.8 Å². The van der Waals surface area contributed by atoms with E-state index in [2.05, 4.69) is 5.32 Å². The summed E-state index contributed by atoms with van der Waals surface area (Å²) < 4.78 is 0. The van der Waals surface area contributed by atoms with Crippen molar-refractivity contribution < 1.29 is 4.79 Å². The molecule has 1 saturated carbocycles. The molecule has 0 bridgehead atoms. The molecule has 1 aliphatic rings. The van der Waals surface area contributed by atoms with E-state index < -0.39 is 0 Å². The topological polar surface area (TPSA) is 29.1 Å². The molecule has 1 atom stereocenters. The van der Waals surface area contributed by atoms with E-state index in [1.165, 1.54) is 25.7 Å². The Labute approximate surface area is 120 Å². The van der Waals surface area contributed by atoms with Gasteiger partial charge in [0.2, 0.25) is 5.91 Å². The summed E-state index contributed by atoms with van der Waals surface area (Å²) in [7, 11) is 0. The number of amides is 1. The van der Waals surface area contributed by atoms with Crippen molar-refractivity contribution in [2.24, 2.45) is 11.8 Å². The van der Waals surface area contributed by atoms with Gasteiger partial charge in [0.25, 0.3) is 0 Å². The number of anilines is 1. The van der Waals surface area contributed by atoms with Gasteiger partial charge in [-0.2, -0.15) is 0 Å². The summed E-state index contributed by atoms with van der Waals surface area (Å²) >= 11 is 5.97. The van der Waals surface area contributed by atoms with Crippen molar-refractivity contribution in [1.82, 2.24) is 0 Å². The molecule has 1 fully saturated rings. The smallest absolute Gasteiger partial charge is 0.227 e. The van der Waals surface area contributed by atoms with Crippen LogP contribution in [0.5, 0.6) is 0 Å². The van der Waals surface area contributed by atoms with Crippen LogP contribution in [0, 0.1) is 18.8 Å². The van der Waals surface area contributed by atoms with Crippen LogP contribution in [0.2, 0.25) is 5.02 Å². The zero-order chi connectivity index (χ0) is 13.8. The molecule has 3 heteroatoms. The van der Waals surface area contributed by atoms with Crippen molar-refractivity contribution in [1.29, 1.82) is 0 Å². The van der Waals surface area contributed by atoms with Crippen LogP contribution in [0.25, 0.3) is 0 Å². The summed E-state index contributed by atoms with van der Waals surface area (Å²) in [6.45, 7) is 4.00. The average molecular weight is 280 g/mol. The summed E-state index contributed by atoms with van der Waals surface area (Å²) in [6.07, 6.45) is 6.23. The van der Waals surface area contributed by atoms with Gasteiger partial charge in [0, 0.05) is 16.6 Å². The van der Waals surface area contributed by atoms with Crippen LogP contribution >= 0.6 is 11.6 Å². The van der Waals surface area contributed by atoms with Gasteiger partial charge < -0.3 is 5.32 Å². The van der Waals surface area contributed by atoms with E-state index in [1.807, 2.05) is 32.0 Å². The summed E-state index contributed by atoms with van der Waals surface area (Å²) in [5, 5.41) is 3.66. The van der Waals surface area contributed by atoms with E-state index in [0.29, 0.717) is 5.02 Å². The highest BCUT2D eigenvalue weighted by Gasteiger charge is 2.22. The van der Waals surface area contributed by atoms with Gasteiger partial charge in [-0.1, -0.05) is 50.3 Å². The van der Waals surface area contributed by atoms with Crippen molar-refractivity contribution in [3.05, 3.63) is 28.8 Å². The number of nitrogens with one attached hydrogen (secondary N) is 1. The molecule has 0 aromatic heterocycles. The van der Waals surface area contributed by atoms with E-state index in [4.69, 9.17) is 11.6 Å². The Bertz CT molecular complexity index is 452. The Morgan fingerprint density at radius 1 is 1.42 bits per heavy atom. The van der Waals surface area contributed by atoms with Gasteiger partial charge in [0.05, 0.1) is 0 Å². The first kappa shape index (κ1) is 14.4. The maximum Gasteiger partial charge on any atom is 0.227 e. The molecule has 0 spiro atoms. The molecule has 0 radical (unpaired) electrons. The predicted octanol–water partition coefficient (Wildman–Crippen LogP) is 4.80. The second-order valence-corrected chi connectivity index (χ2v) is 6.17. The third kappa shape index (κ3) is 3.97. The number of hydrogen-bond donors (Lipinski definition) is 1. The van der Waals surface area contributed by atoms with Gasteiger partial charge in [-0.25, -0.2) is 0 Å². The SMILES string of the molecule is Cc1ccc(Cl)cc1NC(=O)C(C)CC1CCCC1. The van der Waals surface area contributed by atoms with Crippen molar-refractivity contribution in [2.75, 3.05) is 5.32 Å². The van der Waals surface area contributed by atoms with Crippen LogP contribution in [0.15, 0.2) is 18.2 Å². The summed E-state index contributed by atoms with van der Waals surface area (Å²) in [4.78, 5) is 12.2. The van der Waals surface area contributed by atoms with E-state index in [1.54, 1.807) is 0 Å².